The Balaban J connectivity index is 1.77. The summed E-state index contributed by atoms with van der Waals surface area (Å²) >= 11 is 0. The maximum absolute atomic E-state index is 12.3. The lowest BCUT2D eigenvalue weighted by atomic mass is 9.99. The fourth-order valence-electron chi connectivity index (χ4n) is 2.93. The molecule has 1 heterocycles. The van der Waals surface area contributed by atoms with Gasteiger partial charge in [0.25, 0.3) is 0 Å². The quantitative estimate of drug-likeness (QED) is 0.656. The number of hydrogen-bond donors (Lipinski definition) is 2. The van der Waals surface area contributed by atoms with E-state index >= 15 is 0 Å². The number of carboxylic acid groups (broad SMARTS) is 1. The van der Waals surface area contributed by atoms with Crippen molar-refractivity contribution in [3.8, 4) is 0 Å². The molecule has 0 aliphatic carbocycles. The fraction of sp³-hybridized carbons (Fsp3) is 0.579. The normalized spacial score (nSPS) is 17.1. The number of amides is 2. The first-order valence-corrected chi connectivity index (χ1v) is 9.09. The van der Waals surface area contributed by atoms with Crippen LogP contribution in [0, 0.1) is 5.92 Å². The number of hydrogen-bond acceptors (Lipinski definition) is 4. The molecule has 0 saturated carbocycles. The number of nitrogens with one attached hydrogen (secondary N) is 1. The number of aliphatic carboxylic acids is 1. The van der Waals surface area contributed by atoms with E-state index in [-0.39, 0.29) is 12.6 Å². The van der Waals surface area contributed by atoms with Gasteiger partial charge in [0.1, 0.15) is 0 Å². The van der Waals surface area contributed by atoms with E-state index in [0.717, 1.165) is 17.5 Å². The first-order valence-electron chi connectivity index (χ1n) is 9.09. The standard InChI is InChI=1S/C19H28N2O5/c1-2-25-9-10-26-14-16-6-3-5-15(11-16)12-20-19(24)21-8-4-7-17(13-21)18(22)23/h3,5-6,11,17H,2,4,7-10,12-14H2,1H3,(H,20,24)(H,22,23). The van der Waals surface area contributed by atoms with Gasteiger partial charge in [-0.15, -0.1) is 0 Å². The van der Waals surface area contributed by atoms with E-state index in [2.05, 4.69) is 5.32 Å². The summed E-state index contributed by atoms with van der Waals surface area (Å²) in [5.74, 6) is -1.30. The molecule has 0 radical (unpaired) electrons. The number of piperidine rings is 1. The smallest absolute Gasteiger partial charge is 0.317 e. The molecular weight excluding hydrogens is 336 g/mol. The number of benzene rings is 1. The summed E-state index contributed by atoms with van der Waals surface area (Å²) < 4.78 is 10.8. The maximum atomic E-state index is 12.3. The zero-order valence-corrected chi connectivity index (χ0v) is 15.3. The third kappa shape index (κ3) is 6.65. The Labute approximate surface area is 154 Å². The third-order valence-corrected chi connectivity index (χ3v) is 4.34. The zero-order valence-electron chi connectivity index (χ0n) is 15.3. The summed E-state index contributed by atoms with van der Waals surface area (Å²) in [6.45, 7) is 5.54. The summed E-state index contributed by atoms with van der Waals surface area (Å²) in [5.41, 5.74) is 2.02. The molecule has 1 unspecified atom stereocenters. The van der Waals surface area contributed by atoms with Crippen molar-refractivity contribution in [1.29, 1.82) is 0 Å². The van der Waals surface area contributed by atoms with Gasteiger partial charge in [0, 0.05) is 26.2 Å². The maximum Gasteiger partial charge on any atom is 0.317 e. The molecule has 1 aromatic rings. The third-order valence-electron chi connectivity index (χ3n) is 4.34. The van der Waals surface area contributed by atoms with Gasteiger partial charge in [0.05, 0.1) is 25.7 Å². The Bertz CT molecular complexity index is 593. The fourth-order valence-corrected chi connectivity index (χ4v) is 2.93. The highest BCUT2D eigenvalue weighted by Crippen LogP contribution is 2.16. The Kier molecular flexibility index (Phi) is 8.37. The molecular formula is C19H28N2O5. The Morgan fingerprint density at radius 3 is 2.81 bits per heavy atom. The van der Waals surface area contributed by atoms with Crippen LogP contribution in [-0.2, 0) is 27.4 Å². The van der Waals surface area contributed by atoms with Gasteiger partial charge in [-0.1, -0.05) is 24.3 Å². The molecule has 0 aromatic heterocycles. The number of urea groups is 1. The lowest BCUT2D eigenvalue weighted by Gasteiger charge is -2.30. The van der Waals surface area contributed by atoms with Crippen LogP contribution in [0.4, 0.5) is 4.79 Å². The van der Waals surface area contributed by atoms with Gasteiger partial charge < -0.3 is 24.8 Å². The SMILES string of the molecule is CCOCCOCc1cccc(CNC(=O)N2CCCC(C(=O)O)C2)c1. The average molecular weight is 364 g/mol. The van der Waals surface area contributed by atoms with E-state index in [0.29, 0.717) is 45.9 Å². The van der Waals surface area contributed by atoms with Crippen molar-refractivity contribution in [2.75, 3.05) is 32.9 Å². The minimum absolute atomic E-state index is 0.214. The molecule has 2 rings (SSSR count). The van der Waals surface area contributed by atoms with Crippen LogP contribution >= 0.6 is 0 Å². The molecule has 144 valence electrons. The highest BCUT2D eigenvalue weighted by molar-refractivity contribution is 5.76. The molecule has 0 spiro atoms. The number of carbonyl (C=O) groups is 2. The van der Waals surface area contributed by atoms with E-state index < -0.39 is 11.9 Å². The van der Waals surface area contributed by atoms with Crippen molar-refractivity contribution in [1.82, 2.24) is 10.2 Å². The second-order valence-electron chi connectivity index (χ2n) is 6.35. The first kappa shape index (κ1) is 20.2. The Morgan fingerprint density at radius 2 is 2.04 bits per heavy atom. The van der Waals surface area contributed by atoms with Crippen molar-refractivity contribution in [2.45, 2.75) is 32.9 Å². The van der Waals surface area contributed by atoms with Crippen LogP contribution in [-0.4, -0.2) is 54.9 Å². The number of ether oxygens (including phenoxy) is 2. The average Bonchev–Trinajstić information content (AvgIpc) is 2.66. The van der Waals surface area contributed by atoms with Crippen LogP contribution < -0.4 is 5.32 Å². The van der Waals surface area contributed by atoms with Crippen LogP contribution in [0.2, 0.25) is 0 Å². The lowest BCUT2D eigenvalue weighted by Crippen LogP contribution is -2.46. The molecule has 1 aliphatic rings. The summed E-state index contributed by atoms with van der Waals surface area (Å²) in [5, 5.41) is 12.0. The highest BCUT2D eigenvalue weighted by atomic mass is 16.5. The van der Waals surface area contributed by atoms with Gasteiger partial charge in [0.2, 0.25) is 0 Å². The van der Waals surface area contributed by atoms with Gasteiger partial charge in [0.15, 0.2) is 0 Å². The number of likely N-dealkylation sites (tertiary alicyclic amines) is 1. The van der Waals surface area contributed by atoms with E-state index in [1.807, 2.05) is 31.2 Å². The summed E-state index contributed by atoms with van der Waals surface area (Å²) in [6.07, 6.45) is 1.35. The Hall–Kier alpha value is -2.12. The van der Waals surface area contributed by atoms with Gasteiger partial charge in [-0.3, -0.25) is 4.79 Å². The van der Waals surface area contributed by atoms with E-state index in [9.17, 15) is 9.59 Å². The number of nitrogens with zero attached hydrogens (tertiary/aromatic N) is 1. The second kappa shape index (κ2) is 10.8. The highest BCUT2D eigenvalue weighted by Gasteiger charge is 2.27. The van der Waals surface area contributed by atoms with Gasteiger partial charge >= 0.3 is 12.0 Å². The van der Waals surface area contributed by atoms with Crippen LogP contribution in [0.3, 0.4) is 0 Å². The molecule has 26 heavy (non-hydrogen) atoms. The summed E-state index contributed by atoms with van der Waals surface area (Å²) in [7, 11) is 0. The summed E-state index contributed by atoms with van der Waals surface area (Å²) in [4.78, 5) is 25.0. The molecule has 1 atom stereocenters. The zero-order chi connectivity index (χ0) is 18.8. The molecule has 1 aliphatic heterocycles. The Morgan fingerprint density at radius 1 is 1.27 bits per heavy atom. The van der Waals surface area contributed by atoms with Gasteiger partial charge in [-0.25, -0.2) is 4.79 Å². The second-order valence-corrected chi connectivity index (χ2v) is 6.35. The van der Waals surface area contributed by atoms with Crippen LogP contribution in [0.25, 0.3) is 0 Å². The van der Waals surface area contributed by atoms with Crippen molar-refractivity contribution in [3.63, 3.8) is 0 Å². The van der Waals surface area contributed by atoms with Crippen molar-refractivity contribution in [2.24, 2.45) is 5.92 Å². The molecule has 1 aromatic carbocycles. The monoisotopic (exact) mass is 364 g/mol. The lowest BCUT2D eigenvalue weighted by molar-refractivity contribution is -0.143. The van der Waals surface area contributed by atoms with E-state index in [4.69, 9.17) is 14.6 Å². The minimum atomic E-state index is -0.834. The van der Waals surface area contributed by atoms with Crippen LogP contribution in [0.1, 0.15) is 30.9 Å². The number of carboxylic acids is 1. The summed E-state index contributed by atoms with van der Waals surface area (Å²) in [6, 6.07) is 7.64. The molecule has 1 fully saturated rings. The first-order chi connectivity index (χ1) is 12.6. The molecule has 7 nitrogen and oxygen atoms in total. The van der Waals surface area contributed by atoms with Crippen molar-refractivity contribution < 1.29 is 24.2 Å². The van der Waals surface area contributed by atoms with Crippen LogP contribution in [0.5, 0.6) is 0 Å². The van der Waals surface area contributed by atoms with Crippen LogP contribution in [0.15, 0.2) is 24.3 Å². The predicted molar refractivity (Wildman–Crippen MR) is 96.8 cm³/mol. The molecule has 1 saturated heterocycles. The van der Waals surface area contributed by atoms with E-state index in [1.54, 1.807) is 4.90 Å². The molecule has 2 N–H and O–H groups in total. The topological polar surface area (TPSA) is 88.1 Å². The predicted octanol–water partition coefficient (Wildman–Crippen LogP) is 2.25. The number of rotatable bonds is 9. The molecule has 2 amide bonds. The minimum Gasteiger partial charge on any atom is -0.481 e. The number of carbonyl (C=O) groups excluding carboxylic acids is 1. The van der Waals surface area contributed by atoms with Crippen molar-refractivity contribution in [3.05, 3.63) is 35.4 Å². The van der Waals surface area contributed by atoms with Crippen molar-refractivity contribution >= 4 is 12.0 Å². The van der Waals surface area contributed by atoms with Gasteiger partial charge in [-0.05, 0) is 30.9 Å². The molecule has 0 bridgehead atoms. The molecule has 7 heteroatoms. The largest absolute Gasteiger partial charge is 0.481 e. The van der Waals surface area contributed by atoms with E-state index in [1.165, 1.54) is 0 Å². The van der Waals surface area contributed by atoms with Gasteiger partial charge in [-0.2, -0.15) is 0 Å².